The van der Waals surface area contributed by atoms with Crippen LogP contribution in [0.15, 0.2) is 22.8 Å². The summed E-state index contributed by atoms with van der Waals surface area (Å²) in [4.78, 5) is 25.5. The van der Waals surface area contributed by atoms with E-state index in [1.54, 1.807) is 37.5 Å². The highest BCUT2D eigenvalue weighted by atomic mass is 32.2. The fourth-order valence-corrected chi connectivity index (χ4v) is 4.42. The number of nitrogens with zero attached hydrogens (tertiary/aromatic N) is 2. The van der Waals surface area contributed by atoms with Crippen molar-refractivity contribution in [1.82, 2.24) is 8.87 Å². The van der Waals surface area contributed by atoms with Crippen molar-refractivity contribution in [3.63, 3.8) is 0 Å². The standard InChI is InChI=1S/C20H28N2O6S/c1-6-22-15(5)18(14(4)19(22)20(24)27-7-2)17(23)13-21(29(25,26)8-3)12-16-10-9-11-28-16/h9-11H,6-8,12-13H2,1-5H3. The molecule has 0 unspecified atom stereocenters. The molecule has 2 aromatic rings. The molecule has 0 radical (unpaired) electrons. The third-order valence-electron chi connectivity index (χ3n) is 4.82. The molecule has 0 aliphatic carbocycles. The first-order chi connectivity index (χ1) is 13.7. The third-order valence-corrected chi connectivity index (χ3v) is 6.60. The Labute approximate surface area is 171 Å². The van der Waals surface area contributed by atoms with Gasteiger partial charge in [-0.2, -0.15) is 4.31 Å². The maximum Gasteiger partial charge on any atom is 0.355 e. The number of aromatic nitrogens is 1. The van der Waals surface area contributed by atoms with Crippen LogP contribution >= 0.6 is 0 Å². The van der Waals surface area contributed by atoms with Crippen molar-refractivity contribution in [3.05, 3.63) is 46.7 Å². The molecule has 0 aliphatic rings. The molecule has 0 N–H and O–H groups in total. The van der Waals surface area contributed by atoms with Gasteiger partial charge in [0, 0.05) is 17.8 Å². The number of carbonyl (C=O) groups is 2. The van der Waals surface area contributed by atoms with Gasteiger partial charge >= 0.3 is 5.97 Å². The Bertz CT molecular complexity index is 973. The summed E-state index contributed by atoms with van der Waals surface area (Å²) in [6.45, 7) is 8.88. The molecule has 2 aromatic heterocycles. The fraction of sp³-hybridized carbons (Fsp3) is 0.500. The Hall–Kier alpha value is -2.39. The molecule has 0 amide bonds. The van der Waals surface area contributed by atoms with Gasteiger partial charge in [-0.3, -0.25) is 4.79 Å². The zero-order valence-corrected chi connectivity index (χ0v) is 18.3. The highest BCUT2D eigenvalue weighted by molar-refractivity contribution is 7.89. The van der Waals surface area contributed by atoms with Crippen LogP contribution in [-0.4, -0.2) is 47.9 Å². The first kappa shape index (κ1) is 22.9. The lowest BCUT2D eigenvalue weighted by atomic mass is 10.1. The van der Waals surface area contributed by atoms with Gasteiger partial charge in [-0.15, -0.1) is 0 Å². The van der Waals surface area contributed by atoms with Crippen molar-refractivity contribution < 1.29 is 27.2 Å². The van der Waals surface area contributed by atoms with Crippen molar-refractivity contribution in [2.45, 2.75) is 47.7 Å². The van der Waals surface area contributed by atoms with Gasteiger partial charge in [-0.25, -0.2) is 13.2 Å². The van der Waals surface area contributed by atoms with E-state index < -0.39 is 16.0 Å². The van der Waals surface area contributed by atoms with Crippen LogP contribution in [0.4, 0.5) is 0 Å². The van der Waals surface area contributed by atoms with Gasteiger partial charge in [0.15, 0.2) is 5.78 Å². The molecule has 2 heterocycles. The summed E-state index contributed by atoms with van der Waals surface area (Å²) in [5.74, 6) is -0.561. The molecule has 0 aliphatic heterocycles. The molecule has 9 heteroatoms. The Balaban J connectivity index is 2.43. The van der Waals surface area contributed by atoms with E-state index in [0.717, 1.165) is 4.31 Å². The number of ether oxygens (including phenoxy) is 1. The van der Waals surface area contributed by atoms with Gasteiger partial charge in [0.1, 0.15) is 11.5 Å². The minimum atomic E-state index is -3.64. The Morgan fingerprint density at radius 3 is 2.41 bits per heavy atom. The predicted molar refractivity (Wildman–Crippen MR) is 108 cm³/mol. The number of sulfonamides is 1. The van der Waals surface area contributed by atoms with Gasteiger partial charge in [0.2, 0.25) is 10.0 Å². The SMILES string of the molecule is CCOC(=O)c1c(C)c(C(=O)CN(Cc2ccco2)S(=O)(=O)CC)c(C)n1CC. The summed E-state index contributed by atoms with van der Waals surface area (Å²) >= 11 is 0. The quantitative estimate of drug-likeness (QED) is 0.430. The average Bonchev–Trinajstić information content (AvgIpc) is 3.26. The van der Waals surface area contributed by atoms with Crippen LogP contribution in [0.1, 0.15) is 58.6 Å². The monoisotopic (exact) mass is 424 g/mol. The Morgan fingerprint density at radius 1 is 1.21 bits per heavy atom. The van der Waals surface area contributed by atoms with Crippen LogP contribution in [0.5, 0.6) is 0 Å². The summed E-state index contributed by atoms with van der Waals surface area (Å²) in [5.41, 5.74) is 1.79. The van der Waals surface area contributed by atoms with Crippen LogP contribution in [0.2, 0.25) is 0 Å². The second-order valence-corrected chi connectivity index (χ2v) is 8.83. The topological polar surface area (TPSA) is 98.8 Å². The van der Waals surface area contributed by atoms with Crippen LogP contribution in [0.25, 0.3) is 0 Å². The van der Waals surface area contributed by atoms with Crippen molar-refractivity contribution in [2.24, 2.45) is 0 Å². The Morgan fingerprint density at radius 2 is 1.90 bits per heavy atom. The smallest absolute Gasteiger partial charge is 0.355 e. The Kier molecular flexibility index (Phi) is 7.43. The van der Waals surface area contributed by atoms with Crippen LogP contribution < -0.4 is 0 Å². The first-order valence-electron chi connectivity index (χ1n) is 9.58. The maximum atomic E-state index is 13.1. The highest BCUT2D eigenvalue weighted by Crippen LogP contribution is 2.25. The highest BCUT2D eigenvalue weighted by Gasteiger charge is 2.30. The summed E-state index contributed by atoms with van der Waals surface area (Å²) in [6, 6.07) is 3.32. The van der Waals surface area contributed by atoms with Crippen LogP contribution in [0.3, 0.4) is 0 Å². The van der Waals surface area contributed by atoms with E-state index in [4.69, 9.17) is 9.15 Å². The van der Waals surface area contributed by atoms with Gasteiger partial charge < -0.3 is 13.7 Å². The van der Waals surface area contributed by atoms with Crippen molar-refractivity contribution in [1.29, 1.82) is 0 Å². The van der Waals surface area contributed by atoms with Crippen molar-refractivity contribution >= 4 is 21.8 Å². The third kappa shape index (κ3) is 4.79. The summed E-state index contributed by atoms with van der Waals surface area (Å²) in [5, 5.41) is 0. The van der Waals surface area contributed by atoms with Crippen LogP contribution in [-0.2, 0) is 27.8 Å². The number of rotatable bonds is 10. The van der Waals surface area contributed by atoms with Gasteiger partial charge in [0.05, 0.1) is 31.7 Å². The zero-order chi connectivity index (χ0) is 21.8. The molecular formula is C20H28N2O6S. The number of esters is 1. The van der Waals surface area contributed by atoms with Gasteiger partial charge in [-0.1, -0.05) is 0 Å². The second kappa shape index (κ2) is 9.41. The molecule has 160 valence electrons. The average molecular weight is 425 g/mol. The van der Waals surface area contributed by atoms with Gasteiger partial charge in [-0.05, 0) is 52.3 Å². The first-order valence-corrected chi connectivity index (χ1v) is 11.2. The molecule has 0 bridgehead atoms. The lowest BCUT2D eigenvalue weighted by Crippen LogP contribution is -2.36. The molecule has 0 aromatic carbocycles. The van der Waals surface area contributed by atoms with E-state index in [1.807, 2.05) is 6.92 Å². The van der Waals surface area contributed by atoms with E-state index >= 15 is 0 Å². The number of ketones is 1. The molecule has 0 fully saturated rings. The van der Waals surface area contributed by atoms with E-state index in [9.17, 15) is 18.0 Å². The summed E-state index contributed by atoms with van der Waals surface area (Å²) in [6.07, 6.45) is 1.45. The second-order valence-electron chi connectivity index (χ2n) is 6.57. The molecule has 0 saturated carbocycles. The van der Waals surface area contributed by atoms with Crippen molar-refractivity contribution in [3.8, 4) is 0 Å². The minimum absolute atomic E-state index is 0.0355. The maximum absolute atomic E-state index is 13.1. The number of Topliss-reactive ketones (excluding diaryl/α,β-unsaturated/α-hetero) is 1. The minimum Gasteiger partial charge on any atom is -0.468 e. The van der Waals surface area contributed by atoms with Gasteiger partial charge in [0.25, 0.3) is 0 Å². The van der Waals surface area contributed by atoms with Crippen molar-refractivity contribution in [2.75, 3.05) is 18.9 Å². The molecule has 8 nitrogen and oxygen atoms in total. The molecule has 0 saturated heterocycles. The lowest BCUT2D eigenvalue weighted by Gasteiger charge is -2.20. The van der Waals surface area contributed by atoms with E-state index in [0.29, 0.717) is 34.8 Å². The summed E-state index contributed by atoms with van der Waals surface area (Å²) in [7, 11) is -3.64. The van der Waals surface area contributed by atoms with E-state index in [2.05, 4.69) is 0 Å². The number of carbonyl (C=O) groups excluding carboxylic acids is 2. The molecular weight excluding hydrogens is 396 g/mol. The predicted octanol–water partition coefficient (Wildman–Crippen LogP) is 2.93. The molecule has 0 atom stereocenters. The fourth-order valence-electron chi connectivity index (χ4n) is 3.41. The normalized spacial score (nSPS) is 11.8. The lowest BCUT2D eigenvalue weighted by molar-refractivity contribution is 0.0512. The largest absolute Gasteiger partial charge is 0.468 e. The molecule has 29 heavy (non-hydrogen) atoms. The number of hydrogen-bond acceptors (Lipinski definition) is 6. The molecule has 0 spiro atoms. The van der Waals surface area contributed by atoms with Crippen LogP contribution in [0, 0.1) is 13.8 Å². The summed E-state index contributed by atoms with van der Waals surface area (Å²) < 4.78 is 38.3. The van der Waals surface area contributed by atoms with E-state index in [-0.39, 0.29) is 31.2 Å². The number of hydrogen-bond donors (Lipinski definition) is 0. The molecule has 2 rings (SSSR count). The number of furan rings is 1. The van der Waals surface area contributed by atoms with E-state index in [1.165, 1.54) is 13.2 Å². The zero-order valence-electron chi connectivity index (χ0n) is 17.5.